The van der Waals surface area contributed by atoms with Gasteiger partial charge in [0, 0.05) is 24.6 Å². The van der Waals surface area contributed by atoms with E-state index in [2.05, 4.69) is 15.4 Å². The summed E-state index contributed by atoms with van der Waals surface area (Å²) in [6.45, 7) is 2.39. The van der Waals surface area contributed by atoms with E-state index < -0.39 is 0 Å². The fourth-order valence-electron chi connectivity index (χ4n) is 3.86. The monoisotopic (exact) mass is 464 g/mol. The maximum Gasteiger partial charge on any atom is 0.217 e. The van der Waals surface area contributed by atoms with E-state index in [0.717, 1.165) is 28.0 Å². The van der Waals surface area contributed by atoms with Crippen LogP contribution in [-0.2, 0) is 17.9 Å². The molecule has 5 aromatic rings. The fourth-order valence-corrected chi connectivity index (χ4v) is 3.86. The number of nitrogens with one attached hydrogen (secondary N) is 1. The molecule has 0 bridgehead atoms. The van der Waals surface area contributed by atoms with Crippen molar-refractivity contribution in [3.8, 4) is 28.4 Å². The summed E-state index contributed by atoms with van der Waals surface area (Å²) in [6, 6.07) is 25.6. The lowest BCUT2D eigenvalue weighted by Crippen LogP contribution is -2.18. The zero-order valence-electron chi connectivity index (χ0n) is 19.2. The van der Waals surface area contributed by atoms with Gasteiger partial charge in [0.2, 0.25) is 5.91 Å². The largest absolute Gasteiger partial charge is 0.489 e. The minimum absolute atomic E-state index is 0.0844. The second-order valence-electron chi connectivity index (χ2n) is 8.10. The molecule has 8 nitrogen and oxygen atoms in total. The van der Waals surface area contributed by atoms with Crippen molar-refractivity contribution in [1.29, 1.82) is 0 Å². The molecule has 0 saturated heterocycles. The third-order valence-corrected chi connectivity index (χ3v) is 5.54. The van der Waals surface area contributed by atoms with Gasteiger partial charge in [-0.15, -0.1) is 0 Å². The predicted octanol–water partition coefficient (Wildman–Crippen LogP) is 4.26. The summed E-state index contributed by atoms with van der Waals surface area (Å²) in [6.07, 6.45) is 1.41. The first-order valence-corrected chi connectivity index (χ1v) is 11.2. The molecule has 3 N–H and O–H groups in total. The van der Waals surface area contributed by atoms with Crippen molar-refractivity contribution < 1.29 is 9.53 Å². The summed E-state index contributed by atoms with van der Waals surface area (Å²) >= 11 is 0. The van der Waals surface area contributed by atoms with Gasteiger partial charge < -0.3 is 15.8 Å². The summed E-state index contributed by atoms with van der Waals surface area (Å²) in [7, 11) is 0. The third kappa shape index (κ3) is 4.81. The second-order valence-corrected chi connectivity index (χ2v) is 8.10. The Kier molecular flexibility index (Phi) is 6.09. The highest BCUT2D eigenvalue weighted by molar-refractivity contribution is 5.87. The topological polar surface area (TPSA) is 107 Å². The summed E-state index contributed by atoms with van der Waals surface area (Å²) in [5.41, 5.74) is 11.3. The number of nitrogens with zero attached hydrogens (tertiary/aromatic N) is 4. The number of anilines is 1. The fraction of sp³-hybridized carbons (Fsp3) is 0.111. The van der Waals surface area contributed by atoms with E-state index in [0.29, 0.717) is 36.0 Å². The molecule has 174 valence electrons. The van der Waals surface area contributed by atoms with Crippen molar-refractivity contribution in [1.82, 2.24) is 24.9 Å². The lowest BCUT2D eigenvalue weighted by molar-refractivity contribution is -0.119. The highest BCUT2D eigenvalue weighted by Gasteiger charge is 2.19. The van der Waals surface area contributed by atoms with Gasteiger partial charge in [-0.25, -0.2) is 14.5 Å². The summed E-state index contributed by atoms with van der Waals surface area (Å²) in [4.78, 5) is 20.4. The van der Waals surface area contributed by atoms with Crippen molar-refractivity contribution in [2.24, 2.45) is 0 Å². The van der Waals surface area contributed by atoms with E-state index in [9.17, 15) is 4.79 Å². The molecule has 0 aliphatic rings. The van der Waals surface area contributed by atoms with Crippen molar-refractivity contribution >= 4 is 17.2 Å². The highest BCUT2D eigenvalue weighted by Crippen LogP contribution is 2.33. The van der Waals surface area contributed by atoms with Crippen LogP contribution < -0.4 is 15.8 Å². The Morgan fingerprint density at radius 2 is 1.74 bits per heavy atom. The number of hydrogen-bond donors (Lipinski definition) is 2. The standard InChI is InChI=1S/C27H24N6O2/c1-18(34)29-15-20-9-5-11-22(13-20)27-32-24(25-26(28)30-17-31-33(25)27)21-10-6-12-23(14-21)35-16-19-7-3-2-4-8-19/h2-14,17H,15-16H2,1H3,(H,29,34)(H2,28,30,31). The number of aromatic nitrogens is 4. The molecule has 0 fully saturated rings. The molecule has 0 radical (unpaired) electrons. The number of amides is 1. The molecule has 0 aliphatic heterocycles. The Labute approximate surface area is 202 Å². The lowest BCUT2D eigenvalue weighted by atomic mass is 10.1. The number of carbonyl (C=O) groups excluding carboxylic acids is 1. The Morgan fingerprint density at radius 3 is 2.57 bits per heavy atom. The Balaban J connectivity index is 1.53. The van der Waals surface area contributed by atoms with Crippen LogP contribution in [0.15, 0.2) is 85.2 Å². The van der Waals surface area contributed by atoms with Gasteiger partial charge in [0.05, 0.1) is 0 Å². The van der Waals surface area contributed by atoms with E-state index in [1.165, 1.54) is 13.3 Å². The molecule has 0 saturated carbocycles. The summed E-state index contributed by atoms with van der Waals surface area (Å²) < 4.78 is 7.72. The van der Waals surface area contributed by atoms with Gasteiger partial charge in [-0.2, -0.15) is 5.10 Å². The molecule has 0 aliphatic carbocycles. The molecule has 1 amide bonds. The molecule has 2 heterocycles. The molecular weight excluding hydrogens is 440 g/mol. The van der Waals surface area contributed by atoms with Gasteiger partial charge in [-0.05, 0) is 29.3 Å². The van der Waals surface area contributed by atoms with Crippen LogP contribution in [0, 0.1) is 0 Å². The van der Waals surface area contributed by atoms with E-state index in [1.807, 2.05) is 78.9 Å². The molecular formula is C27H24N6O2. The van der Waals surface area contributed by atoms with Gasteiger partial charge in [0.25, 0.3) is 0 Å². The average Bonchev–Trinajstić information content (AvgIpc) is 3.28. The first-order chi connectivity index (χ1) is 17.1. The first-order valence-electron chi connectivity index (χ1n) is 11.2. The molecule has 35 heavy (non-hydrogen) atoms. The molecule has 0 unspecified atom stereocenters. The van der Waals surface area contributed by atoms with E-state index >= 15 is 0 Å². The number of nitrogen functional groups attached to an aromatic ring is 1. The van der Waals surface area contributed by atoms with E-state index in [4.69, 9.17) is 15.5 Å². The number of hydrogen-bond acceptors (Lipinski definition) is 6. The Bertz CT molecular complexity index is 1500. The predicted molar refractivity (Wildman–Crippen MR) is 134 cm³/mol. The van der Waals surface area contributed by atoms with Crippen LogP contribution in [0.25, 0.3) is 28.2 Å². The van der Waals surface area contributed by atoms with Crippen LogP contribution >= 0.6 is 0 Å². The number of carbonyl (C=O) groups is 1. The van der Waals surface area contributed by atoms with Crippen LogP contribution in [0.1, 0.15) is 18.1 Å². The van der Waals surface area contributed by atoms with Crippen molar-refractivity contribution in [3.05, 3.63) is 96.3 Å². The SMILES string of the molecule is CC(=O)NCc1cccc(-c2nc(-c3cccc(OCc4ccccc4)c3)c3c(N)ncnn23)c1. The van der Waals surface area contributed by atoms with Crippen LogP contribution in [0.2, 0.25) is 0 Å². The molecule has 2 aromatic heterocycles. The third-order valence-electron chi connectivity index (χ3n) is 5.54. The van der Waals surface area contributed by atoms with E-state index in [-0.39, 0.29) is 5.91 Å². The first kappa shape index (κ1) is 22.1. The second kappa shape index (κ2) is 9.64. The van der Waals surface area contributed by atoms with Crippen molar-refractivity contribution in [2.45, 2.75) is 20.1 Å². The van der Waals surface area contributed by atoms with Crippen molar-refractivity contribution in [2.75, 3.05) is 5.73 Å². The average molecular weight is 465 g/mol. The highest BCUT2D eigenvalue weighted by atomic mass is 16.5. The van der Waals surface area contributed by atoms with E-state index in [1.54, 1.807) is 4.52 Å². The number of benzene rings is 3. The zero-order chi connectivity index (χ0) is 24.2. The number of rotatable bonds is 7. The van der Waals surface area contributed by atoms with Crippen LogP contribution in [0.5, 0.6) is 5.75 Å². The van der Waals surface area contributed by atoms with Crippen LogP contribution in [0.3, 0.4) is 0 Å². The lowest BCUT2D eigenvalue weighted by Gasteiger charge is -2.08. The number of nitrogens with two attached hydrogens (primary N) is 1. The number of ether oxygens (including phenoxy) is 1. The van der Waals surface area contributed by atoms with Gasteiger partial charge in [-0.3, -0.25) is 4.79 Å². The maximum atomic E-state index is 11.3. The summed E-state index contributed by atoms with van der Waals surface area (Å²) in [5.74, 6) is 1.60. The normalized spacial score (nSPS) is 10.9. The van der Waals surface area contributed by atoms with Gasteiger partial charge in [0.15, 0.2) is 11.6 Å². The molecule has 8 heteroatoms. The molecule has 0 atom stereocenters. The minimum Gasteiger partial charge on any atom is -0.489 e. The Morgan fingerprint density at radius 1 is 0.971 bits per heavy atom. The molecule has 5 rings (SSSR count). The van der Waals surface area contributed by atoms with Gasteiger partial charge in [0.1, 0.15) is 29.9 Å². The number of fused-ring (bicyclic) bond motifs is 1. The number of imidazole rings is 1. The van der Waals surface area contributed by atoms with Crippen molar-refractivity contribution in [3.63, 3.8) is 0 Å². The van der Waals surface area contributed by atoms with Gasteiger partial charge in [-0.1, -0.05) is 60.7 Å². The summed E-state index contributed by atoms with van der Waals surface area (Å²) in [5, 5.41) is 7.25. The smallest absolute Gasteiger partial charge is 0.217 e. The van der Waals surface area contributed by atoms with Crippen LogP contribution in [0.4, 0.5) is 5.82 Å². The Hall–Kier alpha value is -4.72. The zero-order valence-corrected chi connectivity index (χ0v) is 19.2. The molecule has 3 aromatic carbocycles. The van der Waals surface area contributed by atoms with Gasteiger partial charge >= 0.3 is 0 Å². The molecule has 0 spiro atoms. The quantitative estimate of drug-likeness (QED) is 0.373. The minimum atomic E-state index is -0.0844. The van der Waals surface area contributed by atoms with Crippen LogP contribution in [-0.4, -0.2) is 25.5 Å². The maximum absolute atomic E-state index is 11.3.